The van der Waals surface area contributed by atoms with Crippen LogP contribution in [0.3, 0.4) is 0 Å². The molecule has 0 fully saturated rings. The number of aromatic carboxylic acids is 1. The fourth-order valence-electron chi connectivity index (χ4n) is 0.910. The quantitative estimate of drug-likeness (QED) is 0.802. The number of benzene rings is 1. The van der Waals surface area contributed by atoms with Gasteiger partial charge in [0.2, 0.25) is 0 Å². The number of halogens is 2. The third-order valence-corrected chi connectivity index (χ3v) is 2.57. The van der Waals surface area contributed by atoms with Crippen molar-refractivity contribution < 1.29 is 14.3 Å². The highest BCUT2D eigenvalue weighted by Crippen LogP contribution is 2.19. The fraction of sp³-hybridized carbons (Fsp3) is 0.125. The number of carbonyl (C=O) groups is 1. The Morgan fingerprint density at radius 2 is 2.17 bits per heavy atom. The van der Waals surface area contributed by atoms with Gasteiger partial charge in [0.25, 0.3) is 0 Å². The summed E-state index contributed by atoms with van der Waals surface area (Å²) in [5, 5.41) is 8.70. The first-order valence-corrected chi connectivity index (χ1v) is 4.30. The third-order valence-electron chi connectivity index (χ3n) is 1.52. The molecule has 0 bridgehead atoms. The van der Waals surface area contributed by atoms with Gasteiger partial charge in [-0.2, -0.15) is 0 Å². The van der Waals surface area contributed by atoms with Gasteiger partial charge in [-0.25, -0.2) is 9.18 Å². The first kappa shape index (κ1) is 9.44. The van der Waals surface area contributed by atoms with E-state index in [9.17, 15) is 9.18 Å². The molecule has 0 aliphatic rings. The molecule has 1 N–H and O–H groups in total. The average Bonchev–Trinajstić information content (AvgIpc) is 1.97. The van der Waals surface area contributed by atoms with E-state index in [-0.39, 0.29) is 9.13 Å². The smallest absolute Gasteiger partial charge is 0.337 e. The minimum Gasteiger partial charge on any atom is -0.478 e. The molecule has 1 aromatic carbocycles. The van der Waals surface area contributed by atoms with Crippen LogP contribution >= 0.6 is 22.6 Å². The van der Waals surface area contributed by atoms with E-state index < -0.39 is 11.8 Å². The van der Waals surface area contributed by atoms with Crippen LogP contribution < -0.4 is 0 Å². The van der Waals surface area contributed by atoms with Crippen molar-refractivity contribution in [3.05, 3.63) is 32.6 Å². The number of hydrogen-bond acceptors (Lipinski definition) is 1. The largest absolute Gasteiger partial charge is 0.478 e. The van der Waals surface area contributed by atoms with Crippen molar-refractivity contribution >= 4 is 28.6 Å². The molecule has 0 radical (unpaired) electrons. The molecule has 4 heteroatoms. The highest BCUT2D eigenvalue weighted by molar-refractivity contribution is 14.1. The van der Waals surface area contributed by atoms with E-state index in [0.717, 1.165) is 0 Å². The second-order valence-corrected chi connectivity index (χ2v) is 3.44. The van der Waals surface area contributed by atoms with Gasteiger partial charge in [0.05, 0.1) is 9.13 Å². The predicted octanol–water partition coefficient (Wildman–Crippen LogP) is 2.44. The lowest BCUT2D eigenvalue weighted by Gasteiger charge is -2.03. The molecule has 0 saturated carbocycles. The number of carboxylic acid groups (broad SMARTS) is 1. The van der Waals surface area contributed by atoms with Crippen molar-refractivity contribution in [1.29, 1.82) is 0 Å². The summed E-state index contributed by atoms with van der Waals surface area (Å²) in [5.74, 6) is -1.57. The zero-order valence-electron chi connectivity index (χ0n) is 6.27. The molecule has 1 aromatic rings. The maximum atomic E-state index is 12.8. The zero-order valence-corrected chi connectivity index (χ0v) is 8.42. The van der Waals surface area contributed by atoms with E-state index in [4.69, 9.17) is 5.11 Å². The van der Waals surface area contributed by atoms with Crippen molar-refractivity contribution in [3.8, 4) is 0 Å². The Kier molecular flexibility index (Phi) is 2.66. The van der Waals surface area contributed by atoms with Crippen LogP contribution in [-0.2, 0) is 0 Å². The highest BCUT2D eigenvalue weighted by atomic mass is 127. The Morgan fingerprint density at radius 3 is 2.58 bits per heavy atom. The van der Waals surface area contributed by atoms with Crippen molar-refractivity contribution in [2.45, 2.75) is 6.92 Å². The van der Waals surface area contributed by atoms with E-state index in [2.05, 4.69) is 0 Å². The Labute approximate surface area is 82.5 Å². The summed E-state index contributed by atoms with van der Waals surface area (Å²) in [4.78, 5) is 10.6. The summed E-state index contributed by atoms with van der Waals surface area (Å²) >= 11 is 1.69. The molecule has 0 heterocycles. The van der Waals surface area contributed by atoms with E-state index in [1.165, 1.54) is 12.1 Å². The topological polar surface area (TPSA) is 37.3 Å². The van der Waals surface area contributed by atoms with Gasteiger partial charge in [-0.1, -0.05) is 6.07 Å². The summed E-state index contributed by atoms with van der Waals surface area (Å²) in [6.07, 6.45) is 0. The van der Waals surface area contributed by atoms with Gasteiger partial charge in [0, 0.05) is 0 Å². The second-order valence-electron chi connectivity index (χ2n) is 2.36. The van der Waals surface area contributed by atoms with Crippen LogP contribution in [0.5, 0.6) is 0 Å². The molecule has 2 nitrogen and oxygen atoms in total. The normalized spacial score (nSPS) is 9.92. The van der Waals surface area contributed by atoms with Gasteiger partial charge < -0.3 is 5.11 Å². The van der Waals surface area contributed by atoms with E-state index in [1.54, 1.807) is 29.5 Å². The first-order chi connectivity index (χ1) is 5.54. The lowest BCUT2D eigenvalue weighted by Crippen LogP contribution is -2.04. The van der Waals surface area contributed by atoms with Gasteiger partial charge in [-0.15, -0.1) is 0 Å². The number of aryl methyl sites for hydroxylation is 1. The molecule has 0 atom stereocenters. The van der Waals surface area contributed by atoms with Gasteiger partial charge in [0.15, 0.2) is 0 Å². The lowest BCUT2D eigenvalue weighted by atomic mass is 10.1. The Morgan fingerprint density at radius 1 is 1.58 bits per heavy atom. The van der Waals surface area contributed by atoms with Crippen LogP contribution in [0, 0.1) is 16.3 Å². The van der Waals surface area contributed by atoms with Crippen molar-refractivity contribution in [2.24, 2.45) is 0 Å². The minimum absolute atomic E-state index is 0.0515. The fourth-order valence-corrected chi connectivity index (χ4v) is 1.75. The molecule has 0 aromatic heterocycles. The standard InChI is InChI=1S/C8H6FIO2/c1-4-2-3-5(9)7(10)6(4)8(11)12/h2-3H,1H3,(H,11,12). The molecule has 64 valence electrons. The van der Waals surface area contributed by atoms with E-state index >= 15 is 0 Å². The van der Waals surface area contributed by atoms with E-state index in [0.29, 0.717) is 5.56 Å². The molecule has 0 spiro atoms. The summed E-state index contributed by atoms with van der Waals surface area (Å²) in [5.41, 5.74) is 0.629. The van der Waals surface area contributed by atoms with Gasteiger partial charge in [0.1, 0.15) is 5.82 Å². The Hall–Kier alpha value is -0.650. The number of rotatable bonds is 1. The first-order valence-electron chi connectivity index (χ1n) is 3.22. The van der Waals surface area contributed by atoms with Crippen LogP contribution in [0.4, 0.5) is 4.39 Å². The minimum atomic E-state index is -1.09. The van der Waals surface area contributed by atoms with Crippen LogP contribution in [0.25, 0.3) is 0 Å². The van der Waals surface area contributed by atoms with Gasteiger partial charge in [-0.3, -0.25) is 0 Å². The van der Waals surface area contributed by atoms with Gasteiger partial charge >= 0.3 is 5.97 Å². The molecule has 12 heavy (non-hydrogen) atoms. The maximum absolute atomic E-state index is 12.8. The lowest BCUT2D eigenvalue weighted by molar-refractivity contribution is 0.0694. The molecule has 0 saturated heterocycles. The maximum Gasteiger partial charge on any atom is 0.337 e. The van der Waals surface area contributed by atoms with Crippen LogP contribution in [-0.4, -0.2) is 11.1 Å². The summed E-state index contributed by atoms with van der Waals surface area (Å²) in [7, 11) is 0. The SMILES string of the molecule is Cc1ccc(F)c(I)c1C(=O)O. The zero-order chi connectivity index (χ0) is 9.30. The van der Waals surface area contributed by atoms with Crippen molar-refractivity contribution in [3.63, 3.8) is 0 Å². The molecule has 0 amide bonds. The molecule has 0 aliphatic heterocycles. The molecule has 0 unspecified atom stereocenters. The summed E-state index contributed by atoms with van der Waals surface area (Å²) in [6, 6.07) is 2.73. The van der Waals surface area contributed by atoms with E-state index in [1.807, 2.05) is 0 Å². The van der Waals surface area contributed by atoms with Crippen molar-refractivity contribution in [2.75, 3.05) is 0 Å². The summed E-state index contributed by atoms with van der Waals surface area (Å²) in [6.45, 7) is 1.64. The van der Waals surface area contributed by atoms with Crippen molar-refractivity contribution in [1.82, 2.24) is 0 Å². The number of hydrogen-bond donors (Lipinski definition) is 1. The molecule has 1 rings (SSSR count). The van der Waals surface area contributed by atoms with Crippen LogP contribution in [0.15, 0.2) is 12.1 Å². The number of carboxylic acids is 1. The second kappa shape index (κ2) is 3.38. The van der Waals surface area contributed by atoms with Crippen LogP contribution in [0.1, 0.15) is 15.9 Å². The molecular weight excluding hydrogens is 274 g/mol. The molecular formula is C8H6FIO2. The van der Waals surface area contributed by atoms with Gasteiger partial charge in [-0.05, 0) is 41.1 Å². The monoisotopic (exact) mass is 280 g/mol. The average molecular weight is 280 g/mol. The highest BCUT2D eigenvalue weighted by Gasteiger charge is 2.14. The van der Waals surface area contributed by atoms with Crippen LogP contribution in [0.2, 0.25) is 0 Å². The third kappa shape index (κ3) is 1.57. The Bertz CT molecular complexity index is 336. The molecule has 0 aliphatic carbocycles. The Balaban J connectivity index is 3.43. The summed E-state index contributed by atoms with van der Waals surface area (Å²) < 4.78 is 13.0. The predicted molar refractivity (Wildman–Crippen MR) is 50.8 cm³/mol.